The Bertz CT molecular complexity index is 782. The molecule has 2 rings (SSSR count). The van der Waals surface area contributed by atoms with Gasteiger partial charge in [-0.1, -0.05) is 24.3 Å². The number of anilines is 1. The fourth-order valence-corrected chi connectivity index (χ4v) is 2.89. The number of nitriles is 1. The number of carbonyl (C=O) groups is 1. The molecule has 130 valence electrons. The SMILES string of the molecule is CC(SCc1ccc(C#N)cc1)C(=O)Nc1ccccc1C(F)(F)F. The number of thioether (sulfide) groups is 1. The number of nitrogens with one attached hydrogen (secondary N) is 1. The van der Waals surface area contributed by atoms with Crippen LogP contribution >= 0.6 is 11.8 Å². The third-order valence-corrected chi connectivity index (χ3v) is 4.66. The maximum atomic E-state index is 13.0. The molecule has 1 amide bonds. The van der Waals surface area contributed by atoms with Gasteiger partial charge in [0, 0.05) is 5.75 Å². The second kappa shape index (κ2) is 8.08. The van der Waals surface area contributed by atoms with E-state index in [4.69, 9.17) is 5.26 Å². The van der Waals surface area contributed by atoms with Crippen molar-refractivity contribution < 1.29 is 18.0 Å². The summed E-state index contributed by atoms with van der Waals surface area (Å²) in [4.78, 5) is 12.2. The second-order valence-corrected chi connectivity index (χ2v) is 6.62. The maximum absolute atomic E-state index is 13.0. The minimum absolute atomic E-state index is 0.245. The van der Waals surface area contributed by atoms with Crippen molar-refractivity contribution in [2.24, 2.45) is 0 Å². The Balaban J connectivity index is 1.98. The van der Waals surface area contributed by atoms with Crippen LogP contribution in [0.5, 0.6) is 0 Å². The van der Waals surface area contributed by atoms with Crippen molar-refractivity contribution >= 4 is 23.4 Å². The molecule has 25 heavy (non-hydrogen) atoms. The fourth-order valence-electron chi connectivity index (χ4n) is 2.05. The maximum Gasteiger partial charge on any atom is 0.418 e. The van der Waals surface area contributed by atoms with E-state index in [2.05, 4.69) is 5.32 Å². The Morgan fingerprint density at radius 2 is 1.84 bits per heavy atom. The van der Waals surface area contributed by atoms with E-state index in [1.165, 1.54) is 30.0 Å². The number of nitrogens with zero attached hydrogens (tertiary/aromatic N) is 1. The lowest BCUT2D eigenvalue weighted by atomic mass is 10.1. The summed E-state index contributed by atoms with van der Waals surface area (Å²) >= 11 is 1.31. The zero-order valence-corrected chi connectivity index (χ0v) is 14.1. The van der Waals surface area contributed by atoms with Crippen LogP contribution < -0.4 is 5.32 Å². The quantitative estimate of drug-likeness (QED) is 0.826. The highest BCUT2D eigenvalue weighted by atomic mass is 32.2. The van der Waals surface area contributed by atoms with Gasteiger partial charge in [-0.05, 0) is 36.8 Å². The largest absolute Gasteiger partial charge is 0.418 e. The van der Waals surface area contributed by atoms with E-state index in [-0.39, 0.29) is 5.69 Å². The molecule has 0 saturated carbocycles. The number of carbonyl (C=O) groups excluding carboxylic acids is 1. The monoisotopic (exact) mass is 364 g/mol. The first-order valence-corrected chi connectivity index (χ1v) is 8.44. The van der Waals surface area contributed by atoms with Crippen molar-refractivity contribution in [1.29, 1.82) is 5.26 Å². The predicted molar refractivity (Wildman–Crippen MR) is 92.0 cm³/mol. The normalized spacial score (nSPS) is 12.3. The van der Waals surface area contributed by atoms with Gasteiger partial charge in [0.05, 0.1) is 28.1 Å². The third kappa shape index (κ3) is 5.26. The van der Waals surface area contributed by atoms with E-state index in [0.29, 0.717) is 11.3 Å². The first-order valence-electron chi connectivity index (χ1n) is 7.39. The Hall–Kier alpha value is -2.46. The molecular weight excluding hydrogens is 349 g/mol. The van der Waals surface area contributed by atoms with Gasteiger partial charge in [0.25, 0.3) is 0 Å². The molecule has 2 aromatic rings. The number of amides is 1. The number of rotatable bonds is 5. The topological polar surface area (TPSA) is 52.9 Å². The molecule has 3 nitrogen and oxygen atoms in total. The zero-order valence-electron chi connectivity index (χ0n) is 13.3. The standard InChI is InChI=1S/C18H15F3N2OS/c1-12(25-11-14-8-6-13(10-22)7-9-14)17(24)23-16-5-3-2-4-15(16)18(19,20)21/h2-9,12H,11H2,1H3,(H,23,24). The molecule has 7 heteroatoms. The van der Waals surface area contributed by atoms with Crippen LogP contribution in [0.2, 0.25) is 0 Å². The molecule has 0 spiro atoms. The van der Waals surface area contributed by atoms with Crippen molar-refractivity contribution in [1.82, 2.24) is 0 Å². The van der Waals surface area contributed by atoms with Crippen LogP contribution in [0.25, 0.3) is 0 Å². The highest BCUT2D eigenvalue weighted by Gasteiger charge is 2.33. The summed E-state index contributed by atoms with van der Waals surface area (Å²) in [6.07, 6.45) is -4.53. The van der Waals surface area contributed by atoms with Gasteiger partial charge in [-0.2, -0.15) is 18.4 Å². The average molecular weight is 364 g/mol. The van der Waals surface area contributed by atoms with E-state index in [1.54, 1.807) is 31.2 Å². The average Bonchev–Trinajstić information content (AvgIpc) is 2.59. The summed E-state index contributed by atoms with van der Waals surface area (Å²) in [7, 11) is 0. The van der Waals surface area contributed by atoms with E-state index >= 15 is 0 Å². The van der Waals surface area contributed by atoms with Crippen LogP contribution in [0.15, 0.2) is 48.5 Å². The Labute approximate surface area is 147 Å². The molecule has 0 radical (unpaired) electrons. The summed E-state index contributed by atoms with van der Waals surface area (Å²) in [6, 6.07) is 13.8. The summed E-state index contributed by atoms with van der Waals surface area (Å²) in [5, 5.41) is 10.6. The van der Waals surface area contributed by atoms with E-state index in [9.17, 15) is 18.0 Å². The van der Waals surface area contributed by atoms with Crippen LogP contribution in [-0.2, 0) is 16.7 Å². The summed E-state index contributed by atoms with van der Waals surface area (Å²) in [5.74, 6) is 0.0247. The Morgan fingerprint density at radius 1 is 1.20 bits per heavy atom. The third-order valence-electron chi connectivity index (χ3n) is 3.44. The molecule has 0 saturated heterocycles. The molecule has 1 atom stereocenters. The summed E-state index contributed by atoms with van der Waals surface area (Å²) < 4.78 is 38.9. The van der Waals surface area contributed by atoms with E-state index in [0.717, 1.165) is 11.6 Å². The van der Waals surface area contributed by atoms with Gasteiger partial charge in [0.1, 0.15) is 0 Å². The minimum atomic E-state index is -4.53. The van der Waals surface area contributed by atoms with Gasteiger partial charge < -0.3 is 5.32 Å². The van der Waals surface area contributed by atoms with Crippen LogP contribution in [-0.4, -0.2) is 11.2 Å². The van der Waals surface area contributed by atoms with Gasteiger partial charge in [0.2, 0.25) is 5.91 Å². The van der Waals surface area contributed by atoms with Crippen molar-refractivity contribution in [2.75, 3.05) is 5.32 Å². The Morgan fingerprint density at radius 3 is 2.44 bits per heavy atom. The molecule has 2 aromatic carbocycles. The van der Waals surface area contributed by atoms with E-state index in [1.807, 2.05) is 6.07 Å². The van der Waals surface area contributed by atoms with Crippen LogP contribution in [0.4, 0.5) is 18.9 Å². The van der Waals surface area contributed by atoms with Crippen molar-refractivity contribution in [3.8, 4) is 6.07 Å². The number of para-hydroxylation sites is 1. The first-order chi connectivity index (χ1) is 11.8. The Kier molecular flexibility index (Phi) is 6.10. The van der Waals surface area contributed by atoms with Gasteiger partial charge >= 0.3 is 6.18 Å². The van der Waals surface area contributed by atoms with Gasteiger partial charge in [-0.25, -0.2) is 0 Å². The number of hydrogen-bond donors (Lipinski definition) is 1. The van der Waals surface area contributed by atoms with Crippen molar-refractivity contribution in [2.45, 2.75) is 24.1 Å². The highest BCUT2D eigenvalue weighted by molar-refractivity contribution is 7.99. The minimum Gasteiger partial charge on any atom is -0.325 e. The lowest BCUT2D eigenvalue weighted by Gasteiger charge is -2.16. The molecular formula is C18H15F3N2OS. The second-order valence-electron chi connectivity index (χ2n) is 5.29. The lowest BCUT2D eigenvalue weighted by Crippen LogP contribution is -2.24. The molecule has 0 aliphatic heterocycles. The van der Waals surface area contributed by atoms with Gasteiger partial charge in [-0.15, -0.1) is 11.8 Å². The molecule has 0 bridgehead atoms. The lowest BCUT2D eigenvalue weighted by molar-refractivity contribution is -0.137. The zero-order chi connectivity index (χ0) is 18.4. The fraction of sp³-hybridized carbons (Fsp3) is 0.222. The number of benzene rings is 2. The molecule has 0 aliphatic carbocycles. The highest BCUT2D eigenvalue weighted by Crippen LogP contribution is 2.34. The van der Waals surface area contributed by atoms with Crippen LogP contribution in [0, 0.1) is 11.3 Å². The van der Waals surface area contributed by atoms with Crippen molar-refractivity contribution in [3.63, 3.8) is 0 Å². The molecule has 0 aromatic heterocycles. The van der Waals surface area contributed by atoms with Gasteiger partial charge in [0.15, 0.2) is 0 Å². The first kappa shape index (κ1) is 18.9. The number of halogens is 3. The van der Waals surface area contributed by atoms with Crippen molar-refractivity contribution in [3.05, 3.63) is 65.2 Å². The van der Waals surface area contributed by atoms with E-state index < -0.39 is 22.9 Å². The molecule has 0 fully saturated rings. The smallest absolute Gasteiger partial charge is 0.325 e. The van der Waals surface area contributed by atoms with Crippen LogP contribution in [0.3, 0.4) is 0 Å². The van der Waals surface area contributed by atoms with Gasteiger partial charge in [-0.3, -0.25) is 4.79 Å². The number of hydrogen-bond acceptors (Lipinski definition) is 3. The summed E-state index contributed by atoms with van der Waals surface area (Å²) in [6.45, 7) is 1.64. The molecule has 1 N–H and O–H groups in total. The predicted octanol–water partition coefficient (Wildman–Crippen LogP) is 4.84. The molecule has 0 heterocycles. The molecule has 0 aliphatic rings. The molecule has 1 unspecified atom stereocenters. The van der Waals surface area contributed by atoms with Crippen LogP contribution in [0.1, 0.15) is 23.6 Å². The number of alkyl halides is 3. The summed E-state index contributed by atoms with van der Waals surface area (Å²) in [5.41, 5.74) is 0.362.